The molecule has 0 aromatic carbocycles. The molecule has 2 rings (SSSR count). The molecule has 4 nitrogen and oxygen atoms in total. The van der Waals surface area contributed by atoms with Crippen molar-refractivity contribution in [1.29, 1.82) is 0 Å². The predicted octanol–water partition coefficient (Wildman–Crippen LogP) is 1.39. The Morgan fingerprint density at radius 1 is 1.17 bits per heavy atom. The summed E-state index contributed by atoms with van der Waals surface area (Å²) in [6.45, 7) is 4.03. The fraction of sp³-hybridized carbons (Fsp3) is 0.857. The van der Waals surface area contributed by atoms with Crippen molar-refractivity contribution in [2.75, 3.05) is 0 Å². The molecule has 0 radical (unpaired) electrons. The molecule has 2 saturated carbocycles. The number of carbonyl (C=O) groups excluding carboxylic acids is 2. The molecule has 1 unspecified atom stereocenters. The minimum Gasteiger partial charge on any atom is -0.347 e. The van der Waals surface area contributed by atoms with Gasteiger partial charge in [-0.3, -0.25) is 9.59 Å². The van der Waals surface area contributed by atoms with E-state index in [1.807, 2.05) is 13.8 Å². The van der Waals surface area contributed by atoms with Gasteiger partial charge >= 0.3 is 0 Å². The van der Waals surface area contributed by atoms with Gasteiger partial charge in [-0.25, -0.2) is 0 Å². The van der Waals surface area contributed by atoms with Gasteiger partial charge in [0.1, 0.15) is 0 Å². The number of hydrogen-bond donors (Lipinski definition) is 2. The largest absolute Gasteiger partial charge is 0.347 e. The van der Waals surface area contributed by atoms with Crippen molar-refractivity contribution >= 4 is 11.7 Å². The highest BCUT2D eigenvalue weighted by molar-refractivity contribution is 6.38. The average Bonchev–Trinajstić information content (AvgIpc) is 3.03. The van der Waals surface area contributed by atoms with Gasteiger partial charge in [-0.1, -0.05) is 33.1 Å². The molecule has 0 heterocycles. The molecule has 2 aliphatic carbocycles. The van der Waals surface area contributed by atoms with E-state index in [1.54, 1.807) is 0 Å². The lowest BCUT2D eigenvalue weighted by Gasteiger charge is -2.30. The highest BCUT2D eigenvalue weighted by atomic mass is 16.2. The Kier molecular flexibility index (Phi) is 4.38. The molecular weight excluding hydrogens is 228 g/mol. The Morgan fingerprint density at radius 2 is 1.83 bits per heavy atom. The van der Waals surface area contributed by atoms with Crippen LogP contribution in [-0.2, 0) is 9.59 Å². The molecule has 2 N–H and O–H groups in total. The Labute approximate surface area is 109 Å². The number of rotatable bonds is 7. The third-order valence-electron chi connectivity index (χ3n) is 3.78. The second-order valence-electron chi connectivity index (χ2n) is 6.02. The van der Waals surface area contributed by atoms with Crippen LogP contribution in [0.4, 0.5) is 0 Å². The van der Waals surface area contributed by atoms with Crippen molar-refractivity contribution in [3.05, 3.63) is 0 Å². The van der Waals surface area contributed by atoms with Gasteiger partial charge in [-0.2, -0.15) is 0 Å². The molecule has 4 heteroatoms. The molecule has 0 bridgehead atoms. The van der Waals surface area contributed by atoms with E-state index in [1.165, 1.54) is 19.3 Å². The van der Waals surface area contributed by atoms with Crippen molar-refractivity contribution in [2.24, 2.45) is 5.92 Å². The zero-order valence-electron chi connectivity index (χ0n) is 11.4. The summed E-state index contributed by atoms with van der Waals surface area (Å²) in [6.07, 6.45) is 6.52. The third kappa shape index (κ3) is 3.80. The maximum Gasteiger partial charge on any atom is 0.289 e. The zero-order chi connectivity index (χ0) is 13.1. The molecule has 0 saturated heterocycles. The Hall–Kier alpha value is -0.900. The van der Waals surface area contributed by atoms with Crippen LogP contribution in [0.5, 0.6) is 0 Å². The fourth-order valence-electron chi connectivity index (χ4n) is 2.36. The fourth-order valence-corrected chi connectivity index (χ4v) is 2.36. The summed E-state index contributed by atoms with van der Waals surface area (Å²) in [5.41, 5.74) is 0. The SMILES string of the molecule is CC(C)NC(CC1CCC1)C(=O)C(=O)NC1CC1. The van der Waals surface area contributed by atoms with Crippen LogP contribution in [0.2, 0.25) is 0 Å². The van der Waals surface area contributed by atoms with Gasteiger partial charge in [0.25, 0.3) is 5.91 Å². The number of hydrogen-bond acceptors (Lipinski definition) is 3. The summed E-state index contributed by atoms with van der Waals surface area (Å²) in [5, 5.41) is 6.03. The van der Waals surface area contributed by atoms with E-state index < -0.39 is 5.91 Å². The van der Waals surface area contributed by atoms with Crippen molar-refractivity contribution in [2.45, 2.75) is 70.5 Å². The molecule has 0 aromatic rings. The van der Waals surface area contributed by atoms with E-state index in [0.29, 0.717) is 5.92 Å². The molecule has 1 amide bonds. The lowest BCUT2D eigenvalue weighted by atomic mass is 9.80. The number of ketones is 1. The molecule has 18 heavy (non-hydrogen) atoms. The first-order valence-corrected chi connectivity index (χ1v) is 7.17. The first-order chi connectivity index (χ1) is 8.56. The van der Waals surface area contributed by atoms with Crippen LogP contribution in [0.1, 0.15) is 52.4 Å². The van der Waals surface area contributed by atoms with Crippen molar-refractivity contribution in [3.63, 3.8) is 0 Å². The smallest absolute Gasteiger partial charge is 0.289 e. The van der Waals surface area contributed by atoms with Gasteiger partial charge in [-0.15, -0.1) is 0 Å². The van der Waals surface area contributed by atoms with E-state index in [4.69, 9.17) is 0 Å². The minimum absolute atomic E-state index is 0.229. The van der Waals surface area contributed by atoms with Gasteiger partial charge in [0.2, 0.25) is 5.78 Å². The van der Waals surface area contributed by atoms with Crippen LogP contribution in [-0.4, -0.2) is 29.8 Å². The standard InChI is InChI=1S/C14H24N2O2/c1-9(2)15-12(8-10-4-3-5-10)13(17)14(18)16-11-6-7-11/h9-12,15H,3-8H2,1-2H3,(H,16,18). The highest BCUT2D eigenvalue weighted by Gasteiger charge is 2.33. The Bertz CT molecular complexity index is 320. The van der Waals surface area contributed by atoms with E-state index in [9.17, 15) is 9.59 Å². The summed E-state index contributed by atoms with van der Waals surface area (Å²) < 4.78 is 0. The molecule has 102 valence electrons. The van der Waals surface area contributed by atoms with Gasteiger partial charge < -0.3 is 10.6 Å². The normalized spacial score (nSPS) is 21.5. The number of amides is 1. The van der Waals surface area contributed by atoms with Crippen LogP contribution >= 0.6 is 0 Å². The Morgan fingerprint density at radius 3 is 2.28 bits per heavy atom. The van der Waals surface area contributed by atoms with E-state index in [2.05, 4.69) is 10.6 Å². The van der Waals surface area contributed by atoms with Crippen LogP contribution in [0.25, 0.3) is 0 Å². The third-order valence-corrected chi connectivity index (χ3v) is 3.78. The van der Waals surface area contributed by atoms with Crippen LogP contribution in [0, 0.1) is 5.92 Å². The van der Waals surface area contributed by atoms with E-state index >= 15 is 0 Å². The topological polar surface area (TPSA) is 58.2 Å². The molecule has 0 aliphatic heterocycles. The number of nitrogens with one attached hydrogen (secondary N) is 2. The van der Waals surface area contributed by atoms with E-state index in [-0.39, 0.29) is 23.9 Å². The second kappa shape index (κ2) is 5.83. The quantitative estimate of drug-likeness (QED) is 0.673. The number of Topliss-reactive ketones (excluding diaryl/α,β-unsaturated/α-hetero) is 1. The Balaban J connectivity index is 1.87. The lowest BCUT2D eigenvalue weighted by molar-refractivity contribution is -0.139. The maximum absolute atomic E-state index is 12.1. The van der Waals surface area contributed by atoms with E-state index in [0.717, 1.165) is 19.3 Å². The first-order valence-electron chi connectivity index (χ1n) is 7.17. The molecule has 0 spiro atoms. The summed E-state index contributed by atoms with van der Waals surface area (Å²) >= 11 is 0. The summed E-state index contributed by atoms with van der Waals surface area (Å²) in [7, 11) is 0. The van der Waals surface area contributed by atoms with Crippen molar-refractivity contribution < 1.29 is 9.59 Å². The summed E-state index contributed by atoms with van der Waals surface area (Å²) in [6, 6.07) is 0.187. The minimum atomic E-state index is -0.394. The molecule has 0 aromatic heterocycles. The summed E-state index contributed by atoms with van der Waals surface area (Å²) in [5.74, 6) is -0.0450. The monoisotopic (exact) mass is 252 g/mol. The highest BCUT2D eigenvalue weighted by Crippen LogP contribution is 2.30. The van der Waals surface area contributed by atoms with Gasteiger partial charge in [0.15, 0.2) is 0 Å². The maximum atomic E-state index is 12.1. The predicted molar refractivity (Wildman–Crippen MR) is 70.2 cm³/mol. The lowest BCUT2D eigenvalue weighted by Crippen LogP contribution is -2.49. The van der Waals surface area contributed by atoms with Gasteiger partial charge in [0, 0.05) is 12.1 Å². The first kappa shape index (κ1) is 13.5. The number of carbonyl (C=O) groups is 2. The molecule has 1 atom stereocenters. The average molecular weight is 252 g/mol. The van der Waals surface area contributed by atoms with Gasteiger partial charge in [0.05, 0.1) is 6.04 Å². The van der Waals surface area contributed by atoms with Gasteiger partial charge in [-0.05, 0) is 25.2 Å². The molecule has 2 fully saturated rings. The molecule has 2 aliphatic rings. The second-order valence-corrected chi connectivity index (χ2v) is 6.02. The van der Waals surface area contributed by atoms with Crippen LogP contribution in [0.3, 0.4) is 0 Å². The van der Waals surface area contributed by atoms with Crippen molar-refractivity contribution in [3.8, 4) is 0 Å². The zero-order valence-corrected chi connectivity index (χ0v) is 11.4. The van der Waals surface area contributed by atoms with Crippen LogP contribution < -0.4 is 10.6 Å². The van der Waals surface area contributed by atoms with Crippen molar-refractivity contribution in [1.82, 2.24) is 10.6 Å². The summed E-state index contributed by atoms with van der Waals surface area (Å²) in [4.78, 5) is 23.9. The molecular formula is C14H24N2O2. The van der Waals surface area contributed by atoms with Crippen LogP contribution in [0.15, 0.2) is 0 Å².